The highest BCUT2D eigenvalue weighted by atomic mass is 19.1. The molecule has 1 fully saturated rings. The van der Waals surface area contributed by atoms with Crippen LogP contribution in [0.15, 0.2) is 85.1 Å². The van der Waals surface area contributed by atoms with E-state index in [2.05, 4.69) is 25.5 Å². The van der Waals surface area contributed by atoms with Crippen LogP contribution in [0, 0.1) is 5.82 Å². The van der Waals surface area contributed by atoms with Crippen LogP contribution in [-0.2, 0) is 0 Å². The quantitative estimate of drug-likeness (QED) is 0.252. The minimum atomic E-state index is -0.389. The number of hydrogen-bond donors (Lipinski definition) is 1. The SMILES string of the molecule is CCOc1ccc(-c2nnc([C@H]3C[C@H](NC(=O)c4cccc5nc6ccccc6nc45)C3)n2-c2ccccc2F)nc1. The Morgan fingerprint density at radius 2 is 1.69 bits per heavy atom. The van der Waals surface area contributed by atoms with Crippen molar-refractivity contribution in [3.8, 4) is 23.0 Å². The Morgan fingerprint density at radius 1 is 0.929 bits per heavy atom. The monoisotopic (exact) mass is 559 g/mol. The number of amides is 1. The molecule has 0 spiro atoms. The zero-order valence-electron chi connectivity index (χ0n) is 22.7. The Labute approximate surface area is 240 Å². The van der Waals surface area contributed by atoms with E-state index in [0.717, 1.165) is 11.0 Å². The summed E-state index contributed by atoms with van der Waals surface area (Å²) in [5.41, 5.74) is 4.12. The lowest BCUT2D eigenvalue weighted by molar-refractivity contribution is 0.0908. The predicted octanol–water partition coefficient (Wildman–Crippen LogP) is 5.64. The number of nitrogens with one attached hydrogen (secondary N) is 1. The summed E-state index contributed by atoms with van der Waals surface area (Å²) in [4.78, 5) is 27.2. The van der Waals surface area contributed by atoms with Gasteiger partial charge in [0.2, 0.25) is 0 Å². The number of rotatable bonds is 7. The largest absolute Gasteiger partial charge is 0.492 e. The molecule has 6 aromatic rings. The molecule has 1 aliphatic carbocycles. The van der Waals surface area contributed by atoms with Crippen LogP contribution in [-0.4, -0.2) is 48.3 Å². The number of carbonyl (C=O) groups excluding carboxylic acids is 1. The number of pyridine rings is 1. The number of aromatic nitrogens is 6. The maximum absolute atomic E-state index is 15.1. The summed E-state index contributed by atoms with van der Waals surface area (Å²) in [6, 6.07) is 23.1. The minimum absolute atomic E-state index is 0.0323. The van der Waals surface area contributed by atoms with Crippen LogP contribution in [0.25, 0.3) is 39.3 Å². The minimum Gasteiger partial charge on any atom is -0.492 e. The normalized spacial score (nSPS) is 16.3. The second-order valence-electron chi connectivity index (χ2n) is 10.2. The summed E-state index contributed by atoms with van der Waals surface area (Å²) in [5, 5.41) is 12.0. The highest BCUT2D eigenvalue weighted by Crippen LogP contribution is 2.39. The number of benzene rings is 3. The Morgan fingerprint density at radius 3 is 2.45 bits per heavy atom. The lowest BCUT2D eigenvalue weighted by Gasteiger charge is -2.35. The number of para-hydroxylation sites is 4. The van der Waals surface area contributed by atoms with E-state index in [4.69, 9.17) is 9.72 Å². The molecular formula is C32H26FN7O2. The van der Waals surface area contributed by atoms with Gasteiger partial charge in [0.05, 0.1) is 40.6 Å². The highest BCUT2D eigenvalue weighted by Gasteiger charge is 2.37. The van der Waals surface area contributed by atoms with Gasteiger partial charge in [-0.2, -0.15) is 0 Å². The molecule has 0 radical (unpaired) electrons. The van der Waals surface area contributed by atoms with Crippen LogP contribution in [0.3, 0.4) is 0 Å². The number of halogens is 1. The van der Waals surface area contributed by atoms with E-state index < -0.39 is 0 Å². The second-order valence-corrected chi connectivity index (χ2v) is 10.2. The molecule has 1 N–H and O–H groups in total. The fraction of sp³-hybridized carbons (Fsp3) is 0.188. The first-order valence-corrected chi connectivity index (χ1v) is 13.8. The van der Waals surface area contributed by atoms with Gasteiger partial charge in [-0.15, -0.1) is 10.2 Å². The number of hydrogen-bond acceptors (Lipinski definition) is 7. The second kappa shape index (κ2) is 10.6. The topological polar surface area (TPSA) is 108 Å². The molecule has 9 nitrogen and oxygen atoms in total. The van der Waals surface area contributed by atoms with E-state index in [-0.39, 0.29) is 23.7 Å². The maximum Gasteiger partial charge on any atom is 0.253 e. The van der Waals surface area contributed by atoms with Crippen LogP contribution in [0.2, 0.25) is 0 Å². The Bertz CT molecular complexity index is 1930. The fourth-order valence-corrected chi connectivity index (χ4v) is 5.40. The molecule has 1 saturated carbocycles. The fourth-order valence-electron chi connectivity index (χ4n) is 5.40. The molecule has 3 aromatic carbocycles. The lowest BCUT2D eigenvalue weighted by Crippen LogP contribution is -2.44. The summed E-state index contributed by atoms with van der Waals surface area (Å²) >= 11 is 0. The van der Waals surface area contributed by atoms with Crippen molar-refractivity contribution in [2.75, 3.05) is 6.61 Å². The van der Waals surface area contributed by atoms with Crippen LogP contribution >= 0.6 is 0 Å². The summed E-state index contributed by atoms with van der Waals surface area (Å²) in [5.74, 6) is 1.07. The first kappa shape index (κ1) is 25.7. The average molecular weight is 560 g/mol. The maximum atomic E-state index is 15.1. The van der Waals surface area contributed by atoms with Gasteiger partial charge in [0.25, 0.3) is 5.91 Å². The number of carbonyl (C=O) groups is 1. The number of ether oxygens (including phenoxy) is 1. The highest BCUT2D eigenvalue weighted by molar-refractivity contribution is 6.06. The van der Waals surface area contributed by atoms with Crippen molar-refractivity contribution in [2.45, 2.75) is 31.7 Å². The third-order valence-electron chi connectivity index (χ3n) is 7.51. The number of fused-ring (bicyclic) bond motifs is 2. The molecule has 1 aliphatic rings. The van der Waals surface area contributed by atoms with Gasteiger partial charge in [-0.1, -0.05) is 30.3 Å². The van der Waals surface area contributed by atoms with Crippen molar-refractivity contribution in [2.24, 2.45) is 0 Å². The van der Waals surface area contributed by atoms with Crippen molar-refractivity contribution in [3.63, 3.8) is 0 Å². The first-order valence-electron chi connectivity index (χ1n) is 13.8. The predicted molar refractivity (Wildman–Crippen MR) is 156 cm³/mol. The summed E-state index contributed by atoms with van der Waals surface area (Å²) < 4.78 is 22.3. The zero-order valence-corrected chi connectivity index (χ0v) is 22.7. The van der Waals surface area contributed by atoms with E-state index in [1.165, 1.54) is 6.07 Å². The van der Waals surface area contributed by atoms with E-state index in [1.54, 1.807) is 47.2 Å². The van der Waals surface area contributed by atoms with E-state index in [9.17, 15) is 4.79 Å². The molecule has 0 atom stereocenters. The molecule has 1 amide bonds. The Kier molecular flexibility index (Phi) is 6.50. The van der Waals surface area contributed by atoms with Crippen LogP contribution in [0.4, 0.5) is 4.39 Å². The summed E-state index contributed by atoms with van der Waals surface area (Å²) in [6.45, 7) is 2.43. The van der Waals surface area contributed by atoms with E-state index in [1.807, 2.05) is 43.3 Å². The summed E-state index contributed by atoms with van der Waals surface area (Å²) in [7, 11) is 0. The average Bonchev–Trinajstić information content (AvgIpc) is 3.42. The van der Waals surface area contributed by atoms with Crippen molar-refractivity contribution in [1.82, 2.24) is 35.0 Å². The molecular weight excluding hydrogens is 533 g/mol. The molecule has 7 rings (SSSR count). The third kappa shape index (κ3) is 4.60. The number of nitrogens with zero attached hydrogens (tertiary/aromatic N) is 6. The van der Waals surface area contributed by atoms with Crippen LogP contribution in [0.5, 0.6) is 5.75 Å². The molecule has 0 bridgehead atoms. The van der Waals surface area contributed by atoms with Gasteiger partial charge in [0.15, 0.2) is 5.82 Å². The standard InChI is InChI=1S/C32H26FN7O2/c1-2-42-21-14-15-27(34-18-21)31-39-38-30(40(31)28-13-6-3-9-23(28)33)19-16-20(17-19)35-32(41)22-8-7-12-26-29(22)37-25-11-5-4-10-24(25)36-26/h3-15,18-20H,2,16-17H2,1H3,(H,35,41)/t19-,20-. The van der Waals surface area contributed by atoms with Crippen LogP contribution in [0.1, 0.15) is 41.9 Å². The van der Waals surface area contributed by atoms with Gasteiger partial charge in [0.1, 0.15) is 28.6 Å². The summed E-state index contributed by atoms with van der Waals surface area (Å²) in [6.07, 6.45) is 2.89. The molecule has 42 heavy (non-hydrogen) atoms. The van der Waals surface area contributed by atoms with E-state index in [0.29, 0.717) is 64.8 Å². The smallest absolute Gasteiger partial charge is 0.253 e. The van der Waals surface area contributed by atoms with Gasteiger partial charge in [-0.3, -0.25) is 9.36 Å². The van der Waals surface area contributed by atoms with Crippen molar-refractivity contribution >= 4 is 28.0 Å². The van der Waals surface area contributed by atoms with Gasteiger partial charge in [-0.25, -0.2) is 19.3 Å². The molecule has 3 heterocycles. The van der Waals surface area contributed by atoms with Gasteiger partial charge >= 0.3 is 0 Å². The Hall–Kier alpha value is -5.25. The first-order chi connectivity index (χ1) is 20.6. The van der Waals surface area contributed by atoms with Crippen molar-refractivity contribution in [3.05, 3.63) is 102 Å². The van der Waals surface area contributed by atoms with Crippen molar-refractivity contribution in [1.29, 1.82) is 0 Å². The zero-order chi connectivity index (χ0) is 28.6. The molecule has 0 unspecified atom stereocenters. The van der Waals surface area contributed by atoms with Crippen molar-refractivity contribution < 1.29 is 13.9 Å². The molecule has 10 heteroatoms. The Balaban J connectivity index is 1.14. The van der Waals surface area contributed by atoms with Gasteiger partial charge in [0, 0.05) is 12.0 Å². The van der Waals surface area contributed by atoms with Crippen LogP contribution < -0.4 is 10.1 Å². The van der Waals surface area contributed by atoms with Gasteiger partial charge < -0.3 is 10.1 Å². The molecule has 208 valence electrons. The van der Waals surface area contributed by atoms with E-state index >= 15 is 4.39 Å². The molecule has 0 aliphatic heterocycles. The lowest BCUT2D eigenvalue weighted by atomic mass is 9.79. The third-order valence-corrected chi connectivity index (χ3v) is 7.51. The molecule has 3 aromatic heterocycles. The van der Waals surface area contributed by atoms with Gasteiger partial charge in [-0.05, 0) is 68.3 Å². The molecule has 0 saturated heterocycles.